The molecule has 2 atom stereocenters. The molecule has 2 nitrogen and oxygen atoms in total. The number of anilines is 2. The van der Waals surface area contributed by atoms with Gasteiger partial charge in [0.05, 0.1) is 17.1 Å². The second-order valence-corrected chi connectivity index (χ2v) is 9.11. The first-order valence-electron chi connectivity index (χ1n) is 11.6. The van der Waals surface area contributed by atoms with Crippen molar-refractivity contribution in [3.8, 4) is 5.69 Å². The van der Waals surface area contributed by atoms with E-state index in [1.165, 1.54) is 50.0 Å². The third-order valence-electron chi connectivity index (χ3n) is 7.12. The van der Waals surface area contributed by atoms with Crippen LogP contribution < -0.4 is 4.90 Å². The Kier molecular flexibility index (Phi) is 3.92. The van der Waals surface area contributed by atoms with Crippen molar-refractivity contribution in [1.82, 2.24) is 4.57 Å². The van der Waals surface area contributed by atoms with Crippen LogP contribution in [-0.4, -0.2) is 10.6 Å². The number of hydrogen-bond donors (Lipinski definition) is 0. The van der Waals surface area contributed by atoms with Gasteiger partial charge in [-0.05, 0) is 54.4 Å². The zero-order valence-corrected chi connectivity index (χ0v) is 18.5. The Labute approximate surface area is 193 Å². The Morgan fingerprint density at radius 2 is 1.27 bits per heavy atom. The maximum atomic E-state index is 2.52. The lowest BCUT2D eigenvalue weighted by atomic mass is 9.91. The molecule has 0 saturated carbocycles. The molecule has 2 aliphatic rings. The second kappa shape index (κ2) is 6.98. The van der Waals surface area contributed by atoms with Crippen LogP contribution in [-0.2, 0) is 0 Å². The molecule has 2 unspecified atom stereocenters. The molecule has 33 heavy (non-hydrogen) atoms. The van der Waals surface area contributed by atoms with E-state index < -0.39 is 0 Å². The molecule has 0 spiro atoms. The summed E-state index contributed by atoms with van der Waals surface area (Å²) >= 11 is 0. The zero-order valence-electron chi connectivity index (χ0n) is 18.5. The molecule has 0 amide bonds. The smallest absolute Gasteiger partial charge is 0.0629 e. The number of allylic oxidation sites excluding steroid dienone is 2. The number of aromatic nitrogens is 1. The van der Waals surface area contributed by atoms with E-state index in [1.54, 1.807) is 0 Å². The predicted octanol–water partition coefficient (Wildman–Crippen LogP) is 7.82. The van der Waals surface area contributed by atoms with E-state index in [0.717, 1.165) is 0 Å². The van der Waals surface area contributed by atoms with Gasteiger partial charge in [-0.2, -0.15) is 0 Å². The van der Waals surface area contributed by atoms with Crippen molar-refractivity contribution >= 4 is 33.2 Å². The molecule has 1 aromatic heterocycles. The zero-order chi connectivity index (χ0) is 21.9. The number of nitrogens with zero attached hydrogens (tertiary/aromatic N) is 2. The molecule has 158 valence electrons. The third-order valence-corrected chi connectivity index (χ3v) is 7.12. The van der Waals surface area contributed by atoms with Gasteiger partial charge in [-0.25, -0.2) is 0 Å². The molecular formula is C31H24N2. The van der Waals surface area contributed by atoms with Crippen LogP contribution in [0.4, 0.5) is 11.4 Å². The Balaban J connectivity index is 1.48. The molecule has 0 fully saturated rings. The third kappa shape index (κ3) is 2.67. The predicted molar refractivity (Wildman–Crippen MR) is 139 cm³/mol. The first-order chi connectivity index (χ1) is 16.3. The van der Waals surface area contributed by atoms with Gasteiger partial charge in [-0.1, -0.05) is 78.9 Å². The van der Waals surface area contributed by atoms with Crippen molar-refractivity contribution in [1.29, 1.82) is 0 Å². The highest BCUT2D eigenvalue weighted by molar-refractivity contribution is 6.09. The number of para-hydroxylation sites is 3. The molecule has 1 aliphatic heterocycles. The van der Waals surface area contributed by atoms with E-state index in [9.17, 15) is 0 Å². The van der Waals surface area contributed by atoms with Gasteiger partial charge in [0.25, 0.3) is 0 Å². The summed E-state index contributed by atoms with van der Waals surface area (Å²) in [6, 6.07) is 33.6. The fourth-order valence-corrected chi connectivity index (χ4v) is 5.80. The number of aryl methyl sites for hydroxylation is 1. The molecule has 2 heterocycles. The van der Waals surface area contributed by atoms with E-state index in [4.69, 9.17) is 0 Å². The van der Waals surface area contributed by atoms with E-state index in [2.05, 4.69) is 132 Å². The van der Waals surface area contributed by atoms with Gasteiger partial charge in [0.15, 0.2) is 0 Å². The summed E-state index contributed by atoms with van der Waals surface area (Å²) in [5, 5.41) is 2.59. The summed E-state index contributed by atoms with van der Waals surface area (Å²) in [7, 11) is 0. The summed E-state index contributed by atoms with van der Waals surface area (Å²) in [5.74, 6) is 0.392. The molecular weight excluding hydrogens is 400 g/mol. The Hall–Kier alpha value is -4.04. The minimum Gasteiger partial charge on any atom is -0.333 e. The second-order valence-electron chi connectivity index (χ2n) is 9.11. The van der Waals surface area contributed by atoms with Crippen LogP contribution in [0.5, 0.6) is 0 Å². The SMILES string of the molecule is Cc1cc(N2c3ccccc3C3C=CC=CC32)cc(-n2c3ccccc3c3ccccc32)c1. The number of hydrogen-bond acceptors (Lipinski definition) is 1. The maximum Gasteiger partial charge on any atom is 0.0629 e. The summed E-state index contributed by atoms with van der Waals surface area (Å²) in [6.45, 7) is 2.21. The van der Waals surface area contributed by atoms with Gasteiger partial charge >= 0.3 is 0 Å². The monoisotopic (exact) mass is 424 g/mol. The Bertz CT molecular complexity index is 1550. The summed E-state index contributed by atoms with van der Waals surface area (Å²) in [6.07, 6.45) is 9.05. The van der Waals surface area contributed by atoms with Crippen LogP contribution in [0.2, 0.25) is 0 Å². The number of benzene rings is 4. The molecule has 2 heteroatoms. The van der Waals surface area contributed by atoms with Gasteiger partial charge in [-0.15, -0.1) is 0 Å². The topological polar surface area (TPSA) is 8.17 Å². The van der Waals surface area contributed by atoms with Crippen molar-refractivity contribution < 1.29 is 0 Å². The van der Waals surface area contributed by atoms with Gasteiger partial charge < -0.3 is 9.47 Å². The van der Waals surface area contributed by atoms with Crippen molar-refractivity contribution in [2.75, 3.05) is 4.90 Å². The summed E-state index contributed by atoms with van der Waals surface area (Å²) in [5.41, 5.74) is 8.92. The highest BCUT2D eigenvalue weighted by Gasteiger charge is 2.37. The van der Waals surface area contributed by atoms with Crippen LogP contribution in [0.3, 0.4) is 0 Å². The molecule has 0 saturated heterocycles. The normalized spacial score (nSPS) is 18.8. The van der Waals surface area contributed by atoms with Crippen molar-refractivity contribution in [2.45, 2.75) is 18.9 Å². The van der Waals surface area contributed by atoms with Crippen molar-refractivity contribution in [3.05, 3.63) is 126 Å². The molecule has 0 bridgehead atoms. The van der Waals surface area contributed by atoms with Crippen molar-refractivity contribution in [3.63, 3.8) is 0 Å². The van der Waals surface area contributed by atoms with E-state index in [1.807, 2.05) is 0 Å². The largest absolute Gasteiger partial charge is 0.333 e. The van der Waals surface area contributed by atoms with Crippen molar-refractivity contribution in [2.24, 2.45) is 0 Å². The minimum absolute atomic E-state index is 0.306. The summed E-state index contributed by atoms with van der Waals surface area (Å²) in [4.78, 5) is 2.52. The average Bonchev–Trinajstić information content (AvgIpc) is 3.37. The summed E-state index contributed by atoms with van der Waals surface area (Å²) < 4.78 is 2.41. The average molecular weight is 425 g/mol. The van der Waals surface area contributed by atoms with Gasteiger partial charge in [0.2, 0.25) is 0 Å². The minimum atomic E-state index is 0.306. The number of rotatable bonds is 2. The molecule has 5 aromatic rings. The lowest BCUT2D eigenvalue weighted by molar-refractivity contribution is 0.744. The van der Waals surface area contributed by atoms with Crippen LogP contribution >= 0.6 is 0 Å². The molecule has 0 radical (unpaired) electrons. The van der Waals surface area contributed by atoms with E-state index in [-0.39, 0.29) is 0 Å². The number of fused-ring (bicyclic) bond motifs is 6. The van der Waals surface area contributed by atoms with E-state index >= 15 is 0 Å². The van der Waals surface area contributed by atoms with Crippen LogP contribution in [0.15, 0.2) is 115 Å². The lowest BCUT2D eigenvalue weighted by Gasteiger charge is -2.29. The Morgan fingerprint density at radius 1 is 0.636 bits per heavy atom. The van der Waals surface area contributed by atoms with Crippen LogP contribution in [0, 0.1) is 6.92 Å². The fraction of sp³-hybridized carbons (Fsp3) is 0.0968. The molecule has 0 N–H and O–H groups in total. The fourth-order valence-electron chi connectivity index (χ4n) is 5.80. The highest BCUT2D eigenvalue weighted by atomic mass is 15.2. The van der Waals surface area contributed by atoms with E-state index in [0.29, 0.717) is 12.0 Å². The van der Waals surface area contributed by atoms with Crippen LogP contribution in [0.1, 0.15) is 17.0 Å². The molecule has 7 rings (SSSR count). The highest BCUT2D eigenvalue weighted by Crippen LogP contribution is 2.48. The van der Waals surface area contributed by atoms with Crippen LogP contribution in [0.25, 0.3) is 27.5 Å². The molecule has 1 aliphatic carbocycles. The quantitative estimate of drug-likeness (QED) is 0.280. The molecule has 4 aromatic carbocycles. The first kappa shape index (κ1) is 18.5. The first-order valence-corrected chi connectivity index (χ1v) is 11.6. The lowest BCUT2D eigenvalue weighted by Crippen LogP contribution is -2.28. The van der Waals surface area contributed by atoms with Gasteiger partial charge in [0, 0.05) is 33.8 Å². The van der Waals surface area contributed by atoms with Gasteiger partial charge in [0.1, 0.15) is 0 Å². The standard InChI is InChI=1S/C31H24N2/c1-21-18-22(32-28-14-6-2-10-24(28)25-11-3-7-15-29(25)32)20-23(19-21)33-30-16-8-4-12-26(30)27-13-5-9-17-31(27)33/h2-20,24,28H,1H3. The Morgan fingerprint density at radius 3 is 2.06 bits per heavy atom. The maximum absolute atomic E-state index is 2.52. The van der Waals surface area contributed by atoms with Gasteiger partial charge in [-0.3, -0.25) is 0 Å².